The van der Waals surface area contributed by atoms with E-state index >= 15 is 0 Å². The lowest BCUT2D eigenvalue weighted by Gasteiger charge is -2.45. The van der Waals surface area contributed by atoms with Crippen molar-refractivity contribution < 1.29 is 54.7 Å². The normalized spacial score (nSPS) is 50.0. The number of hydrogen-bond donors (Lipinski definition) is 7. The van der Waals surface area contributed by atoms with Gasteiger partial charge in [0.05, 0.1) is 13.2 Å². The van der Waals surface area contributed by atoms with E-state index in [9.17, 15) is 30.6 Å². The lowest BCUT2D eigenvalue weighted by atomic mass is 9.97. The van der Waals surface area contributed by atoms with E-state index in [1.165, 1.54) is 7.11 Å². The fourth-order valence-electron chi connectivity index (χ4n) is 2.74. The zero-order valence-electron chi connectivity index (χ0n) is 13.0. The van der Waals surface area contributed by atoms with E-state index < -0.39 is 74.6 Å². The summed E-state index contributed by atoms with van der Waals surface area (Å²) in [6.07, 6.45) is -14.4. The highest BCUT2D eigenvalue weighted by atomic mass is 16.7. The smallest absolute Gasteiger partial charge is 0.187 e. The van der Waals surface area contributed by atoms with E-state index in [4.69, 9.17) is 24.1 Å². The summed E-state index contributed by atoms with van der Waals surface area (Å²) in [6.45, 7) is -1.23. The molecule has 2 aliphatic rings. The summed E-state index contributed by atoms with van der Waals surface area (Å²) in [5.41, 5.74) is 0. The molecule has 0 radical (unpaired) electrons. The number of methoxy groups -OCH3 is 1. The highest BCUT2D eigenvalue weighted by Crippen LogP contribution is 2.29. The van der Waals surface area contributed by atoms with Crippen LogP contribution in [-0.4, -0.2) is 117 Å². The summed E-state index contributed by atoms with van der Waals surface area (Å²) in [5.74, 6) is 0. The Labute approximate surface area is 137 Å². The van der Waals surface area contributed by atoms with Crippen LogP contribution < -0.4 is 0 Å². The van der Waals surface area contributed by atoms with Gasteiger partial charge in [-0.2, -0.15) is 0 Å². The van der Waals surface area contributed by atoms with Crippen LogP contribution in [0.1, 0.15) is 0 Å². The van der Waals surface area contributed by atoms with Crippen LogP contribution in [0.5, 0.6) is 0 Å². The topological polar surface area (TPSA) is 179 Å². The molecule has 0 saturated carbocycles. The molecule has 142 valence electrons. The Morgan fingerprint density at radius 3 is 1.79 bits per heavy atom. The predicted molar refractivity (Wildman–Crippen MR) is 73.4 cm³/mol. The molecule has 10 atom stereocenters. The van der Waals surface area contributed by atoms with Gasteiger partial charge in [0, 0.05) is 7.11 Å². The summed E-state index contributed by atoms with van der Waals surface area (Å²) in [5, 5.41) is 68.1. The second kappa shape index (κ2) is 8.29. The maximum atomic E-state index is 10.2. The lowest BCUT2D eigenvalue weighted by molar-refractivity contribution is -0.358. The van der Waals surface area contributed by atoms with Gasteiger partial charge in [0.1, 0.15) is 48.8 Å². The molecule has 2 fully saturated rings. The monoisotopic (exact) mass is 356 g/mol. The first-order valence-corrected chi connectivity index (χ1v) is 7.46. The highest BCUT2D eigenvalue weighted by Gasteiger charge is 2.50. The molecule has 0 unspecified atom stereocenters. The van der Waals surface area contributed by atoms with E-state index in [1.54, 1.807) is 0 Å². The second-order valence-electron chi connectivity index (χ2n) is 5.74. The molecular formula is C13H24O11. The minimum absolute atomic E-state index is 0.581. The Kier molecular flexibility index (Phi) is 6.87. The van der Waals surface area contributed by atoms with E-state index in [1.807, 2.05) is 0 Å². The first-order chi connectivity index (χ1) is 11.3. The zero-order valence-corrected chi connectivity index (χ0v) is 13.0. The first kappa shape index (κ1) is 19.9. The third-order valence-corrected chi connectivity index (χ3v) is 4.19. The molecule has 2 aliphatic heterocycles. The van der Waals surface area contributed by atoms with Gasteiger partial charge in [-0.3, -0.25) is 0 Å². The predicted octanol–water partition coefficient (Wildman–Crippen LogP) is -4.74. The van der Waals surface area contributed by atoms with Gasteiger partial charge in [0.15, 0.2) is 12.6 Å². The molecule has 0 aromatic rings. The summed E-state index contributed by atoms with van der Waals surface area (Å²) in [6, 6.07) is 0. The van der Waals surface area contributed by atoms with Crippen LogP contribution in [-0.2, 0) is 18.9 Å². The van der Waals surface area contributed by atoms with Crippen LogP contribution in [0.3, 0.4) is 0 Å². The SMILES string of the molecule is CO[C@@H]1O[C@@H](CO)[C@@H](O)[C@H](O[C@@H]2O[C@@H](CO)[C@@H](O)[C@H](O)[C@@H]2O)[C@@H]1O. The van der Waals surface area contributed by atoms with Crippen LogP contribution in [0.25, 0.3) is 0 Å². The summed E-state index contributed by atoms with van der Waals surface area (Å²) in [7, 11) is 1.24. The van der Waals surface area contributed by atoms with Crippen molar-refractivity contribution in [1.82, 2.24) is 0 Å². The third kappa shape index (κ3) is 3.71. The minimum Gasteiger partial charge on any atom is -0.394 e. The molecule has 0 amide bonds. The van der Waals surface area contributed by atoms with Crippen molar-refractivity contribution in [3.05, 3.63) is 0 Å². The molecule has 7 N–H and O–H groups in total. The first-order valence-electron chi connectivity index (χ1n) is 7.46. The average Bonchev–Trinajstić information content (AvgIpc) is 2.58. The van der Waals surface area contributed by atoms with E-state index in [0.29, 0.717) is 0 Å². The molecule has 0 aliphatic carbocycles. The van der Waals surface area contributed by atoms with Crippen molar-refractivity contribution in [3.63, 3.8) is 0 Å². The number of hydrogen-bond acceptors (Lipinski definition) is 11. The number of ether oxygens (including phenoxy) is 4. The minimum atomic E-state index is -1.70. The molecular weight excluding hydrogens is 332 g/mol. The average molecular weight is 356 g/mol. The molecule has 0 bridgehead atoms. The molecule has 24 heavy (non-hydrogen) atoms. The van der Waals surface area contributed by atoms with Gasteiger partial charge in [0.2, 0.25) is 0 Å². The van der Waals surface area contributed by atoms with Crippen LogP contribution >= 0.6 is 0 Å². The van der Waals surface area contributed by atoms with Crippen LogP contribution in [0.2, 0.25) is 0 Å². The quantitative estimate of drug-likeness (QED) is 0.251. The standard InChI is InChI=1S/C13H24O11/c1-21-12-10(20)11(7(17)5(3-15)22-12)24-13-9(19)8(18)6(16)4(2-14)23-13/h4-20H,2-3H2,1H3/t4-,5-,6+,7+,8-,9-,10-,11-,12+,13-/m0/s1. The molecule has 2 rings (SSSR count). The molecule has 0 aromatic carbocycles. The Hall–Kier alpha value is -0.440. The largest absolute Gasteiger partial charge is 0.394 e. The molecule has 11 heteroatoms. The molecule has 2 heterocycles. The lowest BCUT2D eigenvalue weighted by Crippen LogP contribution is -2.64. The molecule has 11 nitrogen and oxygen atoms in total. The number of rotatable bonds is 5. The van der Waals surface area contributed by atoms with Crippen LogP contribution in [0.4, 0.5) is 0 Å². The van der Waals surface area contributed by atoms with Gasteiger partial charge in [-0.15, -0.1) is 0 Å². The second-order valence-corrected chi connectivity index (χ2v) is 5.74. The summed E-state index contributed by atoms with van der Waals surface area (Å²) < 4.78 is 20.6. The van der Waals surface area contributed by atoms with Gasteiger partial charge in [-0.25, -0.2) is 0 Å². The van der Waals surface area contributed by atoms with E-state index in [-0.39, 0.29) is 0 Å². The number of aliphatic hydroxyl groups is 7. The van der Waals surface area contributed by atoms with Gasteiger partial charge in [-0.1, -0.05) is 0 Å². The number of aliphatic hydroxyl groups excluding tert-OH is 7. The van der Waals surface area contributed by atoms with Crippen molar-refractivity contribution in [3.8, 4) is 0 Å². The molecule has 0 aromatic heterocycles. The van der Waals surface area contributed by atoms with Gasteiger partial charge >= 0.3 is 0 Å². The van der Waals surface area contributed by atoms with Crippen LogP contribution in [0, 0.1) is 0 Å². The maximum Gasteiger partial charge on any atom is 0.187 e. The van der Waals surface area contributed by atoms with E-state index in [0.717, 1.165) is 0 Å². The fourth-order valence-corrected chi connectivity index (χ4v) is 2.74. The van der Waals surface area contributed by atoms with Crippen LogP contribution in [0.15, 0.2) is 0 Å². The van der Waals surface area contributed by atoms with Crippen molar-refractivity contribution in [2.45, 2.75) is 61.4 Å². The maximum absolute atomic E-state index is 10.2. The van der Waals surface area contributed by atoms with Gasteiger partial charge < -0.3 is 54.7 Å². The molecule has 2 saturated heterocycles. The Balaban J connectivity index is 2.14. The summed E-state index contributed by atoms with van der Waals surface area (Å²) in [4.78, 5) is 0. The van der Waals surface area contributed by atoms with Crippen molar-refractivity contribution in [2.24, 2.45) is 0 Å². The van der Waals surface area contributed by atoms with E-state index in [2.05, 4.69) is 0 Å². The fraction of sp³-hybridized carbons (Fsp3) is 1.00. The van der Waals surface area contributed by atoms with Crippen molar-refractivity contribution >= 4 is 0 Å². The molecule has 0 spiro atoms. The zero-order chi connectivity index (χ0) is 18.0. The highest BCUT2D eigenvalue weighted by molar-refractivity contribution is 4.93. The summed E-state index contributed by atoms with van der Waals surface area (Å²) >= 11 is 0. The van der Waals surface area contributed by atoms with Crippen molar-refractivity contribution in [2.75, 3.05) is 20.3 Å². The Bertz CT molecular complexity index is 378. The Morgan fingerprint density at radius 2 is 1.25 bits per heavy atom. The van der Waals surface area contributed by atoms with Gasteiger partial charge in [0.25, 0.3) is 0 Å². The van der Waals surface area contributed by atoms with Crippen molar-refractivity contribution in [1.29, 1.82) is 0 Å². The third-order valence-electron chi connectivity index (χ3n) is 4.19. The Morgan fingerprint density at radius 1 is 0.708 bits per heavy atom. The van der Waals surface area contributed by atoms with Gasteiger partial charge in [-0.05, 0) is 0 Å².